The standard InChI is InChI=1S/C15H21N3O2/c1-11(19)18-13-7-5-12(6-8-13)10-17-15(20)14-4-2-3-9-16-14/h5-8,14,16H,2-4,9-10H2,1H3,(H,17,20)(H,18,19). The predicted octanol–water partition coefficient (Wildman–Crippen LogP) is 1.40. The maximum absolute atomic E-state index is 12.0. The van der Waals surface area contributed by atoms with Gasteiger partial charge < -0.3 is 16.0 Å². The minimum absolute atomic E-state index is 0.0533. The number of benzene rings is 1. The second-order valence-corrected chi connectivity index (χ2v) is 5.10. The van der Waals surface area contributed by atoms with Gasteiger partial charge in [0, 0.05) is 19.2 Å². The average Bonchev–Trinajstić information content (AvgIpc) is 2.46. The fourth-order valence-corrected chi connectivity index (χ4v) is 2.30. The molecule has 1 aromatic rings. The van der Waals surface area contributed by atoms with Gasteiger partial charge in [-0.05, 0) is 37.1 Å². The zero-order chi connectivity index (χ0) is 14.4. The van der Waals surface area contributed by atoms with Gasteiger partial charge in [-0.15, -0.1) is 0 Å². The lowest BCUT2D eigenvalue weighted by molar-refractivity contribution is -0.123. The third kappa shape index (κ3) is 4.35. The molecular formula is C15H21N3O2. The van der Waals surface area contributed by atoms with Crippen LogP contribution in [-0.2, 0) is 16.1 Å². The zero-order valence-electron chi connectivity index (χ0n) is 11.7. The van der Waals surface area contributed by atoms with Crippen LogP contribution in [0.4, 0.5) is 5.69 Å². The summed E-state index contributed by atoms with van der Waals surface area (Å²) in [4.78, 5) is 22.9. The van der Waals surface area contributed by atoms with Gasteiger partial charge in [0.05, 0.1) is 6.04 Å². The summed E-state index contributed by atoms with van der Waals surface area (Å²) in [6, 6.07) is 7.42. The predicted molar refractivity (Wildman–Crippen MR) is 78.2 cm³/mol. The van der Waals surface area contributed by atoms with Crippen molar-refractivity contribution in [3.63, 3.8) is 0 Å². The van der Waals surface area contributed by atoms with Gasteiger partial charge in [-0.3, -0.25) is 9.59 Å². The summed E-state index contributed by atoms with van der Waals surface area (Å²) in [7, 11) is 0. The number of carbonyl (C=O) groups excluding carboxylic acids is 2. The van der Waals surface area contributed by atoms with E-state index in [1.807, 2.05) is 24.3 Å². The first-order valence-corrected chi connectivity index (χ1v) is 7.03. The molecule has 2 rings (SSSR count). The van der Waals surface area contributed by atoms with Crippen molar-refractivity contribution in [1.82, 2.24) is 10.6 Å². The van der Waals surface area contributed by atoms with Crippen LogP contribution >= 0.6 is 0 Å². The van der Waals surface area contributed by atoms with Gasteiger partial charge in [0.15, 0.2) is 0 Å². The molecule has 3 N–H and O–H groups in total. The van der Waals surface area contributed by atoms with Crippen LogP contribution in [0.1, 0.15) is 31.7 Å². The van der Waals surface area contributed by atoms with Crippen LogP contribution in [0.15, 0.2) is 24.3 Å². The van der Waals surface area contributed by atoms with Crippen molar-refractivity contribution in [2.45, 2.75) is 38.8 Å². The molecule has 1 atom stereocenters. The molecule has 1 heterocycles. The fourth-order valence-electron chi connectivity index (χ4n) is 2.30. The molecule has 1 saturated heterocycles. The Morgan fingerprint density at radius 1 is 1.25 bits per heavy atom. The lowest BCUT2D eigenvalue weighted by Gasteiger charge is -2.22. The summed E-state index contributed by atoms with van der Waals surface area (Å²) in [5.41, 5.74) is 1.78. The Bertz CT molecular complexity index is 465. The number of amides is 2. The van der Waals surface area contributed by atoms with Gasteiger partial charge >= 0.3 is 0 Å². The van der Waals surface area contributed by atoms with Gasteiger partial charge in [-0.1, -0.05) is 18.6 Å². The van der Waals surface area contributed by atoms with E-state index in [4.69, 9.17) is 0 Å². The molecule has 1 unspecified atom stereocenters. The van der Waals surface area contributed by atoms with E-state index in [1.165, 1.54) is 6.92 Å². The fraction of sp³-hybridized carbons (Fsp3) is 0.467. The van der Waals surface area contributed by atoms with E-state index in [1.54, 1.807) is 0 Å². The van der Waals surface area contributed by atoms with Gasteiger partial charge in [0.2, 0.25) is 11.8 Å². The van der Waals surface area contributed by atoms with Crippen LogP contribution in [0.3, 0.4) is 0 Å². The number of carbonyl (C=O) groups is 2. The average molecular weight is 275 g/mol. The Labute approximate surface area is 119 Å². The highest BCUT2D eigenvalue weighted by molar-refractivity contribution is 5.88. The van der Waals surface area contributed by atoms with E-state index in [0.717, 1.165) is 37.1 Å². The first kappa shape index (κ1) is 14.5. The highest BCUT2D eigenvalue weighted by Gasteiger charge is 2.19. The molecule has 0 radical (unpaired) electrons. The number of piperidine rings is 1. The molecule has 0 aromatic heterocycles. The molecule has 2 amide bonds. The Morgan fingerprint density at radius 2 is 2.00 bits per heavy atom. The molecule has 1 fully saturated rings. The van der Waals surface area contributed by atoms with Crippen molar-refractivity contribution in [3.05, 3.63) is 29.8 Å². The maximum atomic E-state index is 12.0. The van der Waals surface area contributed by atoms with E-state index in [2.05, 4.69) is 16.0 Å². The molecule has 0 saturated carbocycles. The van der Waals surface area contributed by atoms with Crippen LogP contribution in [0.2, 0.25) is 0 Å². The molecule has 0 aliphatic carbocycles. The molecule has 1 aliphatic rings. The molecule has 20 heavy (non-hydrogen) atoms. The van der Waals surface area contributed by atoms with Crippen molar-refractivity contribution >= 4 is 17.5 Å². The number of nitrogens with one attached hydrogen (secondary N) is 3. The molecule has 5 nitrogen and oxygen atoms in total. The normalized spacial score (nSPS) is 18.4. The summed E-state index contributed by atoms with van der Waals surface area (Å²) in [6.45, 7) is 2.91. The third-order valence-corrected chi connectivity index (χ3v) is 3.37. The Hall–Kier alpha value is -1.88. The summed E-state index contributed by atoms with van der Waals surface area (Å²) in [6.07, 6.45) is 3.16. The number of rotatable bonds is 4. The van der Waals surface area contributed by atoms with Gasteiger partial charge in [0.25, 0.3) is 0 Å². The summed E-state index contributed by atoms with van der Waals surface area (Å²) >= 11 is 0. The topological polar surface area (TPSA) is 70.2 Å². The number of hydrogen-bond acceptors (Lipinski definition) is 3. The van der Waals surface area contributed by atoms with E-state index in [9.17, 15) is 9.59 Å². The third-order valence-electron chi connectivity index (χ3n) is 3.37. The minimum Gasteiger partial charge on any atom is -0.351 e. The summed E-state index contributed by atoms with van der Waals surface area (Å²) in [5.74, 6) is -0.0231. The molecule has 1 aliphatic heterocycles. The van der Waals surface area contributed by atoms with Crippen molar-refractivity contribution in [2.24, 2.45) is 0 Å². The van der Waals surface area contributed by atoms with E-state index < -0.39 is 0 Å². The minimum atomic E-state index is -0.0885. The zero-order valence-corrected chi connectivity index (χ0v) is 11.7. The maximum Gasteiger partial charge on any atom is 0.237 e. The Kier molecular flexibility index (Phi) is 5.12. The van der Waals surface area contributed by atoms with Crippen molar-refractivity contribution in [2.75, 3.05) is 11.9 Å². The second-order valence-electron chi connectivity index (χ2n) is 5.10. The molecule has 0 spiro atoms. The summed E-state index contributed by atoms with van der Waals surface area (Å²) < 4.78 is 0. The van der Waals surface area contributed by atoms with Crippen molar-refractivity contribution in [1.29, 1.82) is 0 Å². The van der Waals surface area contributed by atoms with E-state index >= 15 is 0 Å². The smallest absolute Gasteiger partial charge is 0.237 e. The SMILES string of the molecule is CC(=O)Nc1ccc(CNC(=O)C2CCCCN2)cc1. The highest BCUT2D eigenvalue weighted by Crippen LogP contribution is 2.10. The lowest BCUT2D eigenvalue weighted by Crippen LogP contribution is -2.46. The summed E-state index contributed by atoms with van der Waals surface area (Å²) in [5, 5.41) is 8.88. The quantitative estimate of drug-likeness (QED) is 0.778. The molecular weight excluding hydrogens is 254 g/mol. The Balaban J connectivity index is 1.81. The highest BCUT2D eigenvalue weighted by atomic mass is 16.2. The van der Waals surface area contributed by atoms with E-state index in [0.29, 0.717) is 6.54 Å². The second kappa shape index (κ2) is 7.05. The van der Waals surface area contributed by atoms with Crippen LogP contribution in [0.5, 0.6) is 0 Å². The van der Waals surface area contributed by atoms with Crippen LogP contribution in [0.25, 0.3) is 0 Å². The van der Waals surface area contributed by atoms with Gasteiger partial charge in [-0.2, -0.15) is 0 Å². The van der Waals surface area contributed by atoms with Crippen LogP contribution in [0, 0.1) is 0 Å². The first-order chi connectivity index (χ1) is 9.65. The molecule has 5 heteroatoms. The monoisotopic (exact) mass is 275 g/mol. The lowest BCUT2D eigenvalue weighted by atomic mass is 10.0. The van der Waals surface area contributed by atoms with Crippen molar-refractivity contribution < 1.29 is 9.59 Å². The first-order valence-electron chi connectivity index (χ1n) is 7.03. The largest absolute Gasteiger partial charge is 0.351 e. The molecule has 1 aromatic carbocycles. The van der Waals surface area contributed by atoms with Crippen LogP contribution in [-0.4, -0.2) is 24.4 Å². The van der Waals surface area contributed by atoms with Crippen molar-refractivity contribution in [3.8, 4) is 0 Å². The van der Waals surface area contributed by atoms with Gasteiger partial charge in [-0.25, -0.2) is 0 Å². The number of anilines is 1. The Morgan fingerprint density at radius 3 is 2.60 bits per heavy atom. The van der Waals surface area contributed by atoms with Crippen LogP contribution < -0.4 is 16.0 Å². The molecule has 108 valence electrons. The van der Waals surface area contributed by atoms with Gasteiger partial charge in [0.1, 0.15) is 0 Å². The molecule has 0 bridgehead atoms. The van der Waals surface area contributed by atoms with E-state index in [-0.39, 0.29) is 17.9 Å². The number of hydrogen-bond donors (Lipinski definition) is 3.